The van der Waals surface area contributed by atoms with Gasteiger partial charge in [-0.2, -0.15) is 0 Å². The van der Waals surface area contributed by atoms with Crippen LogP contribution in [0.1, 0.15) is 50.6 Å². The van der Waals surface area contributed by atoms with Crippen LogP contribution in [0, 0.1) is 22.7 Å². The summed E-state index contributed by atoms with van der Waals surface area (Å²) in [5.41, 5.74) is 3.30. The van der Waals surface area contributed by atoms with E-state index in [0.717, 1.165) is 23.7 Å². The van der Waals surface area contributed by atoms with Crippen molar-refractivity contribution in [2.45, 2.75) is 45.1 Å². The average Bonchev–Trinajstić information content (AvgIpc) is 3.63. The maximum atomic E-state index is 13.4. The van der Waals surface area contributed by atoms with E-state index in [2.05, 4.69) is 28.9 Å². The predicted octanol–water partition coefficient (Wildman–Crippen LogP) is 7.25. The molecular formula is C27H29Cl3N2O. The topological polar surface area (TPSA) is 23.6 Å². The molecule has 4 aliphatic rings. The van der Waals surface area contributed by atoms with E-state index in [0.29, 0.717) is 57.2 Å². The average molecular weight is 504 g/mol. The molecule has 3 aliphatic carbocycles. The first-order valence-corrected chi connectivity index (χ1v) is 13.2. The van der Waals surface area contributed by atoms with Gasteiger partial charge in [-0.25, -0.2) is 0 Å². The van der Waals surface area contributed by atoms with Crippen molar-refractivity contribution >= 4 is 46.4 Å². The minimum atomic E-state index is 0.0158. The summed E-state index contributed by atoms with van der Waals surface area (Å²) in [6.07, 6.45) is 5.98. The molecule has 0 aromatic heterocycles. The smallest absolute Gasteiger partial charge is 0.222 e. The minimum absolute atomic E-state index is 0.0158. The molecule has 0 N–H and O–H groups in total. The molecule has 6 rings (SSSR count). The predicted molar refractivity (Wildman–Crippen MR) is 135 cm³/mol. The Kier molecular flexibility index (Phi) is 5.21. The van der Waals surface area contributed by atoms with Crippen LogP contribution >= 0.6 is 34.8 Å². The normalized spacial score (nSPS) is 34.5. The molecule has 0 bridgehead atoms. The van der Waals surface area contributed by atoms with Gasteiger partial charge in [-0.1, -0.05) is 53.9 Å². The summed E-state index contributed by atoms with van der Waals surface area (Å²) in [7, 11) is 0. The van der Waals surface area contributed by atoms with Crippen molar-refractivity contribution in [3.8, 4) is 0 Å². The SMILES string of the molecule is C[C@]12CC(CC(=O)N3CCN(c4ccc(Cl)cc4Cl)[C@H](c4ccc(Cl)cc4)C3)CC3CC31C2. The van der Waals surface area contributed by atoms with E-state index in [-0.39, 0.29) is 6.04 Å². The third kappa shape index (κ3) is 3.75. The number of halogens is 3. The Balaban J connectivity index is 1.21. The van der Waals surface area contributed by atoms with E-state index in [9.17, 15) is 4.79 Å². The highest BCUT2D eigenvalue weighted by Gasteiger charge is 2.78. The van der Waals surface area contributed by atoms with Crippen LogP contribution < -0.4 is 4.90 Å². The number of amides is 1. The molecule has 2 aromatic rings. The van der Waals surface area contributed by atoms with Crippen molar-refractivity contribution in [3.05, 3.63) is 63.1 Å². The maximum Gasteiger partial charge on any atom is 0.222 e. The van der Waals surface area contributed by atoms with Crippen LogP contribution in [0.15, 0.2) is 42.5 Å². The van der Waals surface area contributed by atoms with E-state index in [1.54, 1.807) is 6.07 Å². The van der Waals surface area contributed by atoms with Crippen molar-refractivity contribution in [1.82, 2.24) is 4.90 Å². The Labute approximate surface area is 211 Å². The highest BCUT2D eigenvalue weighted by Crippen LogP contribution is 2.87. The second-order valence-electron chi connectivity index (χ2n) is 11.0. The van der Waals surface area contributed by atoms with Crippen molar-refractivity contribution < 1.29 is 4.79 Å². The van der Waals surface area contributed by atoms with Gasteiger partial charge in [0, 0.05) is 36.1 Å². The van der Waals surface area contributed by atoms with Gasteiger partial charge in [-0.3, -0.25) is 4.79 Å². The van der Waals surface area contributed by atoms with Gasteiger partial charge in [0.25, 0.3) is 0 Å². The fourth-order valence-electron chi connectivity index (χ4n) is 7.21. The zero-order valence-corrected chi connectivity index (χ0v) is 21.1. The Morgan fingerprint density at radius 3 is 2.52 bits per heavy atom. The van der Waals surface area contributed by atoms with Crippen LogP contribution in [0.2, 0.25) is 15.1 Å². The summed E-state index contributed by atoms with van der Waals surface area (Å²) in [5.74, 6) is 1.74. The number of benzene rings is 2. The lowest BCUT2D eigenvalue weighted by Crippen LogP contribution is -2.51. The van der Waals surface area contributed by atoms with E-state index in [4.69, 9.17) is 34.8 Å². The Morgan fingerprint density at radius 2 is 1.79 bits per heavy atom. The molecule has 6 heteroatoms. The number of carbonyl (C=O) groups excluding carboxylic acids is 1. The van der Waals surface area contributed by atoms with Gasteiger partial charge in [0.2, 0.25) is 5.91 Å². The zero-order valence-electron chi connectivity index (χ0n) is 18.9. The molecule has 1 heterocycles. The molecule has 174 valence electrons. The lowest BCUT2D eigenvalue weighted by Gasteiger charge is -2.44. The first-order chi connectivity index (χ1) is 15.8. The number of hydrogen-bond acceptors (Lipinski definition) is 2. The van der Waals surface area contributed by atoms with Crippen molar-refractivity contribution in [3.63, 3.8) is 0 Å². The van der Waals surface area contributed by atoms with Crippen LogP contribution in [-0.2, 0) is 4.79 Å². The molecule has 1 saturated heterocycles. The molecule has 33 heavy (non-hydrogen) atoms. The largest absolute Gasteiger partial charge is 0.360 e. The molecule has 0 radical (unpaired) electrons. The minimum Gasteiger partial charge on any atom is -0.360 e. The summed E-state index contributed by atoms with van der Waals surface area (Å²) in [6, 6.07) is 13.6. The van der Waals surface area contributed by atoms with Gasteiger partial charge in [0.05, 0.1) is 16.8 Å². The molecule has 4 fully saturated rings. The monoisotopic (exact) mass is 502 g/mol. The molecule has 1 spiro atoms. The summed E-state index contributed by atoms with van der Waals surface area (Å²) in [6.45, 7) is 4.54. The first-order valence-electron chi connectivity index (χ1n) is 12.0. The van der Waals surface area contributed by atoms with E-state index < -0.39 is 0 Å². The molecule has 3 nitrogen and oxygen atoms in total. The van der Waals surface area contributed by atoms with Gasteiger partial charge < -0.3 is 9.80 Å². The third-order valence-electron chi connectivity index (χ3n) is 9.04. The van der Waals surface area contributed by atoms with E-state index >= 15 is 0 Å². The number of nitrogens with zero attached hydrogens (tertiary/aromatic N) is 2. The molecule has 2 aromatic carbocycles. The van der Waals surface area contributed by atoms with Crippen molar-refractivity contribution in [1.29, 1.82) is 0 Å². The van der Waals surface area contributed by atoms with Crippen LogP contribution in [0.4, 0.5) is 5.69 Å². The molecule has 3 saturated carbocycles. The lowest BCUT2D eigenvalue weighted by molar-refractivity contribution is -0.133. The summed E-state index contributed by atoms with van der Waals surface area (Å²) in [5, 5.41) is 1.96. The molecular weight excluding hydrogens is 475 g/mol. The standard InChI is InChI=1S/C27H29Cl3N2O/c1-26-13-17(10-19-14-27(19,26)16-26)11-25(33)31-8-9-32(23-7-6-21(29)12-22(23)30)24(15-31)18-2-4-20(28)5-3-18/h2-7,12,17,19,24H,8-11,13-16H2,1H3/t17?,19?,24-,26+,27?/m0/s1. The first kappa shape index (κ1) is 22.1. The van der Waals surface area contributed by atoms with Crippen LogP contribution in [0.3, 0.4) is 0 Å². The van der Waals surface area contributed by atoms with Gasteiger partial charge in [-0.15, -0.1) is 0 Å². The molecule has 1 aliphatic heterocycles. The lowest BCUT2D eigenvalue weighted by atomic mass is 9.80. The molecule has 5 atom stereocenters. The third-order valence-corrected chi connectivity index (χ3v) is 9.83. The van der Waals surface area contributed by atoms with E-state index in [1.165, 1.54) is 25.7 Å². The summed E-state index contributed by atoms with van der Waals surface area (Å²) in [4.78, 5) is 17.8. The molecule has 3 unspecified atom stereocenters. The summed E-state index contributed by atoms with van der Waals surface area (Å²) >= 11 is 18.9. The quantitative estimate of drug-likeness (QED) is 0.438. The van der Waals surface area contributed by atoms with Gasteiger partial charge in [0.15, 0.2) is 0 Å². The van der Waals surface area contributed by atoms with Crippen LogP contribution in [-0.4, -0.2) is 30.4 Å². The number of piperazine rings is 1. The van der Waals surface area contributed by atoms with Crippen LogP contribution in [0.25, 0.3) is 0 Å². The Bertz CT molecular complexity index is 1110. The van der Waals surface area contributed by atoms with Crippen molar-refractivity contribution in [2.24, 2.45) is 22.7 Å². The number of anilines is 1. The Morgan fingerprint density at radius 1 is 1.03 bits per heavy atom. The number of hydrogen-bond donors (Lipinski definition) is 0. The fraction of sp³-hybridized carbons (Fsp3) is 0.519. The van der Waals surface area contributed by atoms with Crippen LogP contribution in [0.5, 0.6) is 0 Å². The van der Waals surface area contributed by atoms with Crippen molar-refractivity contribution in [2.75, 3.05) is 24.5 Å². The number of carbonyl (C=O) groups is 1. The van der Waals surface area contributed by atoms with Gasteiger partial charge in [-0.05, 0) is 84.2 Å². The second-order valence-corrected chi connectivity index (χ2v) is 12.3. The van der Waals surface area contributed by atoms with E-state index in [1.807, 2.05) is 24.3 Å². The zero-order chi connectivity index (χ0) is 23.0. The van der Waals surface area contributed by atoms with Gasteiger partial charge in [0.1, 0.15) is 0 Å². The molecule has 1 amide bonds. The van der Waals surface area contributed by atoms with Gasteiger partial charge >= 0.3 is 0 Å². The fourth-order valence-corrected chi connectivity index (χ4v) is 7.85. The summed E-state index contributed by atoms with van der Waals surface area (Å²) < 4.78 is 0. The maximum absolute atomic E-state index is 13.4. The number of rotatable bonds is 4. The highest BCUT2D eigenvalue weighted by molar-refractivity contribution is 6.36. The highest BCUT2D eigenvalue weighted by atomic mass is 35.5. The Hall–Kier alpha value is -1.42. The second kappa shape index (κ2) is 7.80.